The molecule has 1 fully saturated rings. The van der Waals surface area contributed by atoms with E-state index in [2.05, 4.69) is 15.4 Å². The number of carbonyl (C=O) groups excluding carboxylic acids is 2. The number of hydrogen-bond acceptors (Lipinski definition) is 5. The Morgan fingerprint density at radius 2 is 2.04 bits per heavy atom. The van der Waals surface area contributed by atoms with Gasteiger partial charge in [0.1, 0.15) is 5.75 Å². The van der Waals surface area contributed by atoms with Crippen LogP contribution in [-0.4, -0.2) is 45.7 Å². The number of amides is 2. The molecule has 2 amide bonds. The summed E-state index contributed by atoms with van der Waals surface area (Å²) in [6.45, 7) is 1.35. The van der Waals surface area contributed by atoms with E-state index in [9.17, 15) is 18.0 Å². The van der Waals surface area contributed by atoms with Crippen molar-refractivity contribution in [3.63, 3.8) is 0 Å². The number of sulfonamides is 1. The van der Waals surface area contributed by atoms with Crippen LogP contribution in [-0.2, 0) is 19.6 Å². The maximum atomic E-state index is 12.2. The molecule has 1 atom stereocenters. The molecule has 1 aliphatic carbocycles. The fourth-order valence-corrected chi connectivity index (χ4v) is 3.54. The number of rotatable bonds is 9. The molecule has 1 unspecified atom stereocenters. The predicted molar refractivity (Wildman–Crippen MR) is 93.7 cm³/mol. The van der Waals surface area contributed by atoms with Crippen LogP contribution >= 0.6 is 0 Å². The van der Waals surface area contributed by atoms with Crippen LogP contribution in [0.3, 0.4) is 0 Å². The average molecular weight is 369 g/mol. The molecular formula is C16H23N3O5S. The molecule has 1 aromatic rings. The lowest BCUT2D eigenvalue weighted by Crippen LogP contribution is -2.41. The minimum Gasteiger partial charge on any atom is -0.497 e. The highest BCUT2D eigenvalue weighted by atomic mass is 32.2. The SMILES string of the molecule is COc1cccc(NS(=O)(=O)CC(C)C(=O)NCC(=O)NC2CC2)c1. The second-order valence-electron chi connectivity index (χ2n) is 6.08. The number of hydrogen-bond donors (Lipinski definition) is 3. The van der Waals surface area contributed by atoms with E-state index in [1.54, 1.807) is 24.3 Å². The smallest absolute Gasteiger partial charge is 0.239 e. The van der Waals surface area contributed by atoms with E-state index in [1.165, 1.54) is 14.0 Å². The van der Waals surface area contributed by atoms with Gasteiger partial charge in [-0.2, -0.15) is 0 Å². The normalized spacial score (nSPS) is 15.1. The Morgan fingerprint density at radius 1 is 1.32 bits per heavy atom. The quantitative estimate of drug-likeness (QED) is 0.585. The van der Waals surface area contributed by atoms with Gasteiger partial charge in [-0.25, -0.2) is 8.42 Å². The van der Waals surface area contributed by atoms with Crippen molar-refractivity contribution in [2.75, 3.05) is 24.1 Å². The van der Waals surface area contributed by atoms with Crippen molar-refractivity contribution < 1.29 is 22.7 Å². The van der Waals surface area contributed by atoms with Crippen molar-refractivity contribution in [3.8, 4) is 5.75 Å². The Labute approximate surface area is 147 Å². The molecule has 9 heteroatoms. The molecule has 8 nitrogen and oxygen atoms in total. The van der Waals surface area contributed by atoms with Gasteiger partial charge in [-0.15, -0.1) is 0 Å². The molecule has 1 saturated carbocycles. The Balaban J connectivity index is 1.82. The summed E-state index contributed by atoms with van der Waals surface area (Å²) in [5, 5.41) is 5.20. The van der Waals surface area contributed by atoms with Gasteiger partial charge in [-0.05, 0) is 25.0 Å². The van der Waals surface area contributed by atoms with Crippen molar-refractivity contribution in [1.82, 2.24) is 10.6 Å². The largest absolute Gasteiger partial charge is 0.497 e. The third-order valence-electron chi connectivity index (χ3n) is 3.63. The summed E-state index contributed by atoms with van der Waals surface area (Å²) in [5.74, 6) is -1.41. The number of nitrogens with one attached hydrogen (secondary N) is 3. The molecule has 0 saturated heterocycles. The van der Waals surface area contributed by atoms with Crippen LogP contribution < -0.4 is 20.1 Å². The Kier molecular flexibility index (Phi) is 6.24. The van der Waals surface area contributed by atoms with E-state index in [4.69, 9.17) is 4.74 Å². The van der Waals surface area contributed by atoms with Gasteiger partial charge < -0.3 is 15.4 Å². The highest BCUT2D eigenvalue weighted by molar-refractivity contribution is 7.92. The molecular weight excluding hydrogens is 346 g/mol. The van der Waals surface area contributed by atoms with E-state index in [0.29, 0.717) is 11.4 Å². The van der Waals surface area contributed by atoms with Crippen molar-refractivity contribution in [2.24, 2.45) is 5.92 Å². The summed E-state index contributed by atoms with van der Waals surface area (Å²) in [5.41, 5.74) is 0.357. The van der Waals surface area contributed by atoms with Crippen LogP contribution in [0.4, 0.5) is 5.69 Å². The summed E-state index contributed by atoms with van der Waals surface area (Å²) in [4.78, 5) is 23.5. The van der Waals surface area contributed by atoms with E-state index in [1.807, 2.05) is 0 Å². The number of ether oxygens (including phenoxy) is 1. The number of carbonyl (C=O) groups is 2. The second kappa shape index (κ2) is 8.19. The lowest BCUT2D eigenvalue weighted by atomic mass is 10.2. The molecule has 0 heterocycles. The zero-order valence-electron chi connectivity index (χ0n) is 14.2. The van der Waals surface area contributed by atoms with E-state index >= 15 is 0 Å². The predicted octanol–water partition coefficient (Wildman–Crippen LogP) is 0.468. The molecule has 1 aromatic carbocycles. The van der Waals surface area contributed by atoms with Gasteiger partial charge in [-0.1, -0.05) is 13.0 Å². The molecule has 2 rings (SSSR count). The third-order valence-corrected chi connectivity index (χ3v) is 5.11. The minimum absolute atomic E-state index is 0.150. The molecule has 0 aromatic heterocycles. The number of methoxy groups -OCH3 is 1. The molecule has 0 bridgehead atoms. The van der Waals surface area contributed by atoms with Crippen LogP contribution in [0.15, 0.2) is 24.3 Å². The van der Waals surface area contributed by atoms with Gasteiger partial charge in [-0.3, -0.25) is 14.3 Å². The van der Waals surface area contributed by atoms with Gasteiger partial charge in [0.15, 0.2) is 0 Å². The summed E-state index contributed by atoms with van der Waals surface area (Å²) in [6.07, 6.45) is 1.93. The maximum absolute atomic E-state index is 12.2. The van der Waals surface area contributed by atoms with Gasteiger partial charge >= 0.3 is 0 Å². The summed E-state index contributed by atoms with van der Waals surface area (Å²) in [6, 6.07) is 6.71. The fourth-order valence-electron chi connectivity index (χ4n) is 2.16. The Bertz CT molecular complexity index is 731. The van der Waals surface area contributed by atoms with Crippen molar-refractivity contribution in [2.45, 2.75) is 25.8 Å². The molecule has 0 spiro atoms. The van der Waals surface area contributed by atoms with Crippen LogP contribution in [0.1, 0.15) is 19.8 Å². The summed E-state index contributed by atoms with van der Waals surface area (Å²) < 4.78 is 31.8. The zero-order valence-corrected chi connectivity index (χ0v) is 15.1. The number of anilines is 1. The first kappa shape index (κ1) is 19.0. The molecule has 138 valence electrons. The highest BCUT2D eigenvalue weighted by Gasteiger charge is 2.25. The Morgan fingerprint density at radius 3 is 2.68 bits per heavy atom. The van der Waals surface area contributed by atoms with Crippen molar-refractivity contribution in [1.29, 1.82) is 0 Å². The first-order valence-electron chi connectivity index (χ1n) is 8.00. The minimum atomic E-state index is -3.72. The van der Waals surface area contributed by atoms with Crippen molar-refractivity contribution >= 4 is 27.5 Å². The standard InChI is InChI=1S/C16H23N3O5S/c1-11(16(21)17-9-15(20)18-12-6-7-12)10-25(22,23)19-13-4-3-5-14(8-13)24-2/h3-5,8,11-12,19H,6-7,9-10H2,1-2H3,(H,17,21)(H,18,20). The van der Waals surface area contributed by atoms with E-state index in [-0.39, 0.29) is 24.2 Å². The summed E-state index contributed by atoms with van der Waals surface area (Å²) >= 11 is 0. The van der Waals surface area contributed by atoms with Crippen LogP contribution in [0.5, 0.6) is 5.75 Å². The summed E-state index contributed by atoms with van der Waals surface area (Å²) in [7, 11) is -2.23. The van der Waals surface area contributed by atoms with Gasteiger partial charge in [0.05, 0.1) is 31.0 Å². The first-order valence-corrected chi connectivity index (χ1v) is 9.66. The third kappa shape index (κ3) is 6.61. The van der Waals surface area contributed by atoms with Gasteiger partial charge in [0.25, 0.3) is 0 Å². The van der Waals surface area contributed by atoms with E-state index in [0.717, 1.165) is 12.8 Å². The first-order chi connectivity index (χ1) is 11.8. The molecule has 25 heavy (non-hydrogen) atoms. The van der Waals surface area contributed by atoms with Crippen LogP contribution in [0.2, 0.25) is 0 Å². The second-order valence-corrected chi connectivity index (χ2v) is 7.84. The zero-order chi connectivity index (χ0) is 18.4. The molecule has 0 aliphatic heterocycles. The lowest BCUT2D eigenvalue weighted by Gasteiger charge is -2.14. The topological polar surface area (TPSA) is 114 Å². The van der Waals surface area contributed by atoms with Gasteiger partial charge in [0.2, 0.25) is 21.8 Å². The average Bonchev–Trinajstić information content (AvgIpc) is 3.35. The molecule has 1 aliphatic rings. The van der Waals surface area contributed by atoms with Gasteiger partial charge in [0, 0.05) is 12.1 Å². The van der Waals surface area contributed by atoms with Crippen molar-refractivity contribution in [3.05, 3.63) is 24.3 Å². The van der Waals surface area contributed by atoms with Crippen LogP contribution in [0.25, 0.3) is 0 Å². The lowest BCUT2D eigenvalue weighted by molar-refractivity contribution is -0.127. The number of benzene rings is 1. The molecule has 0 radical (unpaired) electrons. The highest BCUT2D eigenvalue weighted by Crippen LogP contribution is 2.19. The fraction of sp³-hybridized carbons (Fsp3) is 0.500. The monoisotopic (exact) mass is 369 g/mol. The van der Waals surface area contributed by atoms with Crippen LogP contribution in [0, 0.1) is 5.92 Å². The van der Waals surface area contributed by atoms with E-state index < -0.39 is 21.8 Å². The Hall–Kier alpha value is -2.29. The molecule has 3 N–H and O–H groups in total. The maximum Gasteiger partial charge on any atom is 0.239 e.